The molecule has 0 aliphatic carbocycles. The first-order valence-electron chi connectivity index (χ1n) is 10.1. The Kier molecular flexibility index (Phi) is 7.09. The van der Waals surface area contributed by atoms with Crippen molar-refractivity contribution < 1.29 is 19.1 Å². The Balaban J connectivity index is 1.48. The van der Waals surface area contributed by atoms with Gasteiger partial charge < -0.3 is 10.1 Å². The number of nitrogens with zero attached hydrogens (tertiary/aromatic N) is 3. The van der Waals surface area contributed by atoms with E-state index < -0.39 is 0 Å². The second-order valence-electron chi connectivity index (χ2n) is 7.42. The number of carbonyl (C=O) groups excluding carboxylic acids is 3. The lowest BCUT2D eigenvalue weighted by atomic mass is 10.1. The van der Waals surface area contributed by atoms with E-state index in [1.165, 1.54) is 7.05 Å². The maximum absolute atomic E-state index is 12.3. The molecule has 10 heteroatoms. The molecule has 3 aromatic rings. The molecule has 34 heavy (non-hydrogen) atoms. The highest BCUT2D eigenvalue weighted by molar-refractivity contribution is 9.10. The molecule has 3 amide bonds. The fourth-order valence-electron chi connectivity index (χ4n) is 3.11. The number of imide groups is 1. The maximum atomic E-state index is 12.3. The Morgan fingerprint density at radius 2 is 2.06 bits per heavy atom. The molecule has 0 atom stereocenters. The van der Waals surface area contributed by atoms with Crippen LogP contribution >= 0.6 is 27.7 Å². The fourth-order valence-corrected chi connectivity index (χ4v) is 4.50. The van der Waals surface area contributed by atoms with Gasteiger partial charge in [0.05, 0.1) is 16.8 Å². The average molecular weight is 539 g/mol. The van der Waals surface area contributed by atoms with Gasteiger partial charge in [0, 0.05) is 29.5 Å². The van der Waals surface area contributed by atoms with Crippen LogP contribution in [0.1, 0.15) is 27.2 Å². The van der Waals surface area contributed by atoms with Gasteiger partial charge in [-0.25, -0.2) is 0 Å². The summed E-state index contributed by atoms with van der Waals surface area (Å²) in [5, 5.41) is 2.47. The number of pyridine rings is 2. The molecule has 1 aliphatic rings. The zero-order valence-electron chi connectivity index (χ0n) is 18.2. The summed E-state index contributed by atoms with van der Waals surface area (Å²) in [6, 6.07) is 10.6. The van der Waals surface area contributed by atoms with Gasteiger partial charge in [0.1, 0.15) is 18.1 Å². The predicted molar refractivity (Wildman–Crippen MR) is 133 cm³/mol. The molecule has 1 aromatic carbocycles. The molecular weight excluding hydrogens is 520 g/mol. The second-order valence-corrected chi connectivity index (χ2v) is 9.27. The molecule has 0 saturated carbocycles. The minimum Gasteiger partial charge on any atom is -0.489 e. The van der Waals surface area contributed by atoms with Gasteiger partial charge in [-0.15, -0.1) is 0 Å². The number of ether oxygens (including phenoxy) is 1. The normalized spacial score (nSPS) is 14.6. The number of aryl methyl sites for hydroxylation is 1. The number of hydrogen-bond acceptors (Lipinski definition) is 7. The van der Waals surface area contributed by atoms with Crippen molar-refractivity contribution in [2.75, 3.05) is 12.4 Å². The van der Waals surface area contributed by atoms with Crippen LogP contribution in [0.25, 0.3) is 6.08 Å². The molecule has 1 aliphatic heterocycles. The van der Waals surface area contributed by atoms with E-state index in [1.807, 2.05) is 19.1 Å². The van der Waals surface area contributed by atoms with Crippen LogP contribution in [0.3, 0.4) is 0 Å². The number of likely N-dealkylation sites (N-methyl/N-ethyl adjacent to an activating group) is 1. The highest BCUT2D eigenvalue weighted by Gasteiger charge is 2.32. The van der Waals surface area contributed by atoms with Crippen LogP contribution in [0.5, 0.6) is 5.75 Å². The number of thioether (sulfide) groups is 1. The van der Waals surface area contributed by atoms with Crippen LogP contribution in [0.2, 0.25) is 0 Å². The van der Waals surface area contributed by atoms with E-state index in [-0.39, 0.29) is 23.7 Å². The number of aromatic nitrogens is 2. The first-order chi connectivity index (χ1) is 16.3. The van der Waals surface area contributed by atoms with E-state index in [2.05, 4.69) is 31.2 Å². The number of nitrogens with one attached hydrogen (secondary N) is 1. The molecule has 1 N–H and O–H groups in total. The molecule has 0 radical (unpaired) electrons. The summed E-state index contributed by atoms with van der Waals surface area (Å²) in [5.74, 6) is -0.0426. The van der Waals surface area contributed by atoms with Crippen LogP contribution in [0, 0.1) is 6.92 Å². The minimum atomic E-state index is -0.333. The number of carbonyl (C=O) groups is 3. The molecule has 172 valence electrons. The standard InChI is InChI=1S/C24H19BrN4O4S/c1-14-7-18(25)16(10-21-23(31)29(2)24(32)34-21)9-20(14)33-13-15-8-17(12-26-11-15)28-22(30)19-5-3-4-6-27-19/h3-12H,13H2,1-2H3,(H,28,30)/b21-10-. The third-order valence-electron chi connectivity index (χ3n) is 4.91. The van der Waals surface area contributed by atoms with Crippen LogP contribution in [0.4, 0.5) is 10.5 Å². The molecule has 3 heterocycles. The molecular formula is C24H19BrN4O4S. The first kappa shape index (κ1) is 23.7. The quantitative estimate of drug-likeness (QED) is 0.438. The molecule has 8 nitrogen and oxygen atoms in total. The third-order valence-corrected chi connectivity index (χ3v) is 6.56. The Morgan fingerprint density at radius 3 is 2.76 bits per heavy atom. The van der Waals surface area contributed by atoms with Crippen LogP contribution in [-0.2, 0) is 11.4 Å². The van der Waals surface area contributed by atoms with E-state index in [4.69, 9.17) is 4.74 Å². The number of halogens is 1. The van der Waals surface area contributed by atoms with E-state index in [0.29, 0.717) is 27.6 Å². The Labute approximate surface area is 208 Å². The van der Waals surface area contributed by atoms with E-state index in [0.717, 1.165) is 32.3 Å². The summed E-state index contributed by atoms with van der Waals surface area (Å²) in [5.41, 5.74) is 3.20. The smallest absolute Gasteiger partial charge is 0.293 e. The SMILES string of the molecule is Cc1cc(Br)c(/C=C2\SC(=O)N(C)C2=O)cc1OCc1cncc(NC(=O)c2ccccn2)c1. The zero-order chi connectivity index (χ0) is 24.2. The zero-order valence-corrected chi connectivity index (χ0v) is 20.6. The van der Waals surface area contributed by atoms with Gasteiger partial charge in [-0.2, -0.15) is 0 Å². The van der Waals surface area contributed by atoms with Crippen molar-refractivity contribution in [3.05, 3.63) is 86.8 Å². The molecule has 0 bridgehead atoms. The third kappa shape index (κ3) is 5.35. The van der Waals surface area contributed by atoms with Gasteiger partial charge in [-0.3, -0.25) is 29.3 Å². The van der Waals surface area contributed by atoms with Crippen molar-refractivity contribution in [1.29, 1.82) is 0 Å². The van der Waals surface area contributed by atoms with E-state index in [9.17, 15) is 14.4 Å². The lowest BCUT2D eigenvalue weighted by molar-refractivity contribution is -0.121. The number of hydrogen-bond donors (Lipinski definition) is 1. The minimum absolute atomic E-state index is 0.216. The Bertz CT molecular complexity index is 1310. The van der Waals surface area contributed by atoms with Gasteiger partial charge >= 0.3 is 0 Å². The predicted octanol–water partition coefficient (Wildman–Crippen LogP) is 5.04. The monoisotopic (exact) mass is 538 g/mol. The fraction of sp³-hybridized carbons (Fsp3) is 0.125. The number of amides is 3. The Hall–Kier alpha value is -3.50. The van der Waals surface area contributed by atoms with Crippen LogP contribution in [0.15, 0.2) is 64.4 Å². The first-order valence-corrected chi connectivity index (χ1v) is 11.7. The summed E-state index contributed by atoms with van der Waals surface area (Å²) >= 11 is 4.41. The van der Waals surface area contributed by atoms with Crippen molar-refractivity contribution in [2.45, 2.75) is 13.5 Å². The van der Waals surface area contributed by atoms with E-state index in [1.54, 1.807) is 48.9 Å². The van der Waals surface area contributed by atoms with Crippen LogP contribution in [-0.4, -0.2) is 39.0 Å². The van der Waals surface area contributed by atoms with Gasteiger partial charge in [0.15, 0.2) is 0 Å². The van der Waals surface area contributed by atoms with Crippen molar-refractivity contribution >= 4 is 56.5 Å². The molecule has 0 unspecified atom stereocenters. The number of benzene rings is 1. The lowest BCUT2D eigenvalue weighted by Crippen LogP contribution is -2.22. The maximum Gasteiger partial charge on any atom is 0.293 e. The highest BCUT2D eigenvalue weighted by atomic mass is 79.9. The summed E-state index contributed by atoms with van der Waals surface area (Å²) in [6.07, 6.45) is 6.43. The summed E-state index contributed by atoms with van der Waals surface area (Å²) in [7, 11) is 1.46. The topological polar surface area (TPSA) is 101 Å². The largest absolute Gasteiger partial charge is 0.489 e. The molecule has 1 saturated heterocycles. The van der Waals surface area contributed by atoms with Crippen LogP contribution < -0.4 is 10.1 Å². The van der Waals surface area contributed by atoms with E-state index >= 15 is 0 Å². The van der Waals surface area contributed by atoms with Crippen molar-refractivity contribution in [3.63, 3.8) is 0 Å². The summed E-state index contributed by atoms with van der Waals surface area (Å²) < 4.78 is 6.79. The molecule has 0 spiro atoms. The molecule has 4 rings (SSSR count). The van der Waals surface area contributed by atoms with Gasteiger partial charge in [-0.05, 0) is 66.2 Å². The Morgan fingerprint density at radius 1 is 1.24 bits per heavy atom. The van der Waals surface area contributed by atoms with Gasteiger partial charge in [0.2, 0.25) is 0 Å². The molecule has 2 aromatic heterocycles. The van der Waals surface area contributed by atoms with Crippen molar-refractivity contribution in [3.8, 4) is 5.75 Å². The average Bonchev–Trinajstić information content (AvgIpc) is 3.07. The number of anilines is 1. The summed E-state index contributed by atoms with van der Waals surface area (Å²) in [6.45, 7) is 2.12. The molecule has 1 fully saturated rings. The number of rotatable bonds is 6. The van der Waals surface area contributed by atoms with Crippen molar-refractivity contribution in [1.82, 2.24) is 14.9 Å². The van der Waals surface area contributed by atoms with Crippen molar-refractivity contribution in [2.24, 2.45) is 0 Å². The van der Waals surface area contributed by atoms with Gasteiger partial charge in [-0.1, -0.05) is 22.0 Å². The second kappa shape index (κ2) is 10.2. The lowest BCUT2D eigenvalue weighted by Gasteiger charge is -2.12. The summed E-state index contributed by atoms with van der Waals surface area (Å²) in [4.78, 5) is 46.0. The highest BCUT2D eigenvalue weighted by Crippen LogP contribution is 2.35. The van der Waals surface area contributed by atoms with Gasteiger partial charge in [0.25, 0.3) is 17.1 Å².